The smallest absolute Gasteiger partial charge is 0.270 e. The van der Waals surface area contributed by atoms with Crippen LogP contribution in [0.4, 0.5) is 0 Å². The first-order valence-electron chi connectivity index (χ1n) is 9.40. The van der Waals surface area contributed by atoms with Gasteiger partial charge in [0.25, 0.3) is 11.1 Å². The third-order valence-corrected chi connectivity index (χ3v) is 5.54. The molecule has 2 aromatic heterocycles. The Morgan fingerprint density at radius 1 is 1.15 bits per heavy atom. The van der Waals surface area contributed by atoms with E-state index in [0.29, 0.717) is 18.4 Å². The van der Waals surface area contributed by atoms with Crippen LogP contribution in [0, 0.1) is 5.92 Å². The molecule has 1 saturated carbocycles. The molecule has 2 fully saturated rings. The fraction of sp³-hybridized carbons (Fsp3) is 0.579. The molecule has 2 aliphatic rings. The predicted octanol–water partition coefficient (Wildman–Crippen LogP) is 1.13. The predicted molar refractivity (Wildman–Crippen MR) is 98.0 cm³/mol. The third kappa shape index (κ3) is 3.77. The zero-order chi connectivity index (χ0) is 18.1. The lowest BCUT2D eigenvalue weighted by Gasteiger charge is -2.32. The summed E-state index contributed by atoms with van der Waals surface area (Å²) >= 11 is 0. The van der Waals surface area contributed by atoms with E-state index in [9.17, 15) is 9.59 Å². The van der Waals surface area contributed by atoms with E-state index in [1.54, 1.807) is 36.3 Å². The second kappa shape index (κ2) is 7.15. The van der Waals surface area contributed by atoms with Gasteiger partial charge in [-0.15, -0.1) is 0 Å². The summed E-state index contributed by atoms with van der Waals surface area (Å²) in [5.74, 6) is 0.999. The van der Waals surface area contributed by atoms with E-state index in [-0.39, 0.29) is 11.1 Å². The molecule has 4 rings (SSSR count). The molecule has 0 radical (unpaired) electrons. The van der Waals surface area contributed by atoms with Gasteiger partial charge in [0.15, 0.2) is 0 Å². The second-order valence-corrected chi connectivity index (χ2v) is 7.58. The maximum absolute atomic E-state index is 12.3. The molecule has 26 heavy (non-hydrogen) atoms. The van der Waals surface area contributed by atoms with Crippen LogP contribution in [-0.2, 0) is 20.1 Å². The average Bonchev–Trinajstić information content (AvgIpc) is 3.47. The Morgan fingerprint density at radius 2 is 1.92 bits per heavy atom. The van der Waals surface area contributed by atoms with Crippen molar-refractivity contribution in [2.24, 2.45) is 13.0 Å². The van der Waals surface area contributed by atoms with Crippen molar-refractivity contribution in [1.29, 1.82) is 0 Å². The van der Waals surface area contributed by atoms with Crippen LogP contribution in [0.2, 0.25) is 0 Å². The molecule has 0 aromatic carbocycles. The van der Waals surface area contributed by atoms with Gasteiger partial charge in [0.05, 0.1) is 12.0 Å². The second-order valence-electron chi connectivity index (χ2n) is 7.58. The van der Waals surface area contributed by atoms with Gasteiger partial charge in [0, 0.05) is 43.9 Å². The molecule has 2 aromatic rings. The zero-order valence-corrected chi connectivity index (χ0v) is 15.2. The molecule has 0 N–H and O–H groups in total. The van der Waals surface area contributed by atoms with Gasteiger partial charge in [-0.05, 0) is 50.8 Å². The third-order valence-electron chi connectivity index (χ3n) is 5.54. The molecule has 0 bridgehead atoms. The van der Waals surface area contributed by atoms with E-state index in [2.05, 4.69) is 15.0 Å². The summed E-state index contributed by atoms with van der Waals surface area (Å²) in [6.07, 6.45) is 7.78. The van der Waals surface area contributed by atoms with Crippen molar-refractivity contribution in [2.75, 3.05) is 13.1 Å². The normalized spacial score (nSPS) is 19.0. The van der Waals surface area contributed by atoms with E-state index in [0.717, 1.165) is 56.6 Å². The van der Waals surface area contributed by atoms with Crippen molar-refractivity contribution in [2.45, 2.75) is 44.7 Å². The molecule has 0 amide bonds. The zero-order valence-electron chi connectivity index (χ0n) is 15.2. The lowest BCUT2D eigenvalue weighted by molar-refractivity contribution is 0.165. The van der Waals surface area contributed by atoms with Gasteiger partial charge in [0.2, 0.25) is 0 Å². The Labute approximate surface area is 152 Å². The number of likely N-dealkylation sites (tertiary alicyclic amines) is 1. The minimum Gasteiger partial charge on any atom is -0.299 e. The van der Waals surface area contributed by atoms with Gasteiger partial charge in [-0.25, -0.2) is 9.67 Å². The Bertz CT molecular complexity index is 891. The van der Waals surface area contributed by atoms with Crippen molar-refractivity contribution >= 4 is 0 Å². The fourth-order valence-corrected chi connectivity index (χ4v) is 3.70. The van der Waals surface area contributed by atoms with Crippen LogP contribution in [0.1, 0.15) is 42.9 Å². The lowest BCUT2D eigenvalue weighted by atomic mass is 9.96. The highest BCUT2D eigenvalue weighted by Gasteiger charge is 2.26. The van der Waals surface area contributed by atoms with Gasteiger partial charge < -0.3 is 0 Å². The molecule has 0 unspecified atom stereocenters. The highest BCUT2D eigenvalue weighted by atomic mass is 16.1. The highest BCUT2D eigenvalue weighted by Crippen LogP contribution is 2.38. The maximum atomic E-state index is 12.3. The van der Waals surface area contributed by atoms with Crippen molar-refractivity contribution in [3.63, 3.8) is 0 Å². The molecule has 1 saturated heterocycles. The quantitative estimate of drug-likeness (QED) is 0.804. The van der Waals surface area contributed by atoms with Crippen LogP contribution in [0.5, 0.6) is 0 Å². The summed E-state index contributed by atoms with van der Waals surface area (Å²) in [7, 11) is 1.68. The van der Waals surface area contributed by atoms with Gasteiger partial charge in [0.1, 0.15) is 0 Å². The van der Waals surface area contributed by atoms with Crippen LogP contribution in [0.15, 0.2) is 34.2 Å². The number of aromatic nitrogens is 4. The van der Waals surface area contributed by atoms with Crippen LogP contribution in [0.25, 0.3) is 0 Å². The summed E-state index contributed by atoms with van der Waals surface area (Å²) in [5.41, 5.74) is 1.80. The molecule has 1 aliphatic carbocycles. The Kier molecular flexibility index (Phi) is 4.72. The molecule has 138 valence electrons. The van der Waals surface area contributed by atoms with Crippen LogP contribution in [-0.4, -0.2) is 37.3 Å². The van der Waals surface area contributed by atoms with Gasteiger partial charge in [-0.2, -0.15) is 5.10 Å². The van der Waals surface area contributed by atoms with E-state index < -0.39 is 0 Å². The van der Waals surface area contributed by atoms with E-state index in [4.69, 9.17) is 0 Å². The summed E-state index contributed by atoms with van der Waals surface area (Å²) < 4.78 is 3.14. The summed E-state index contributed by atoms with van der Waals surface area (Å²) in [6, 6.07) is 3.52. The summed E-state index contributed by atoms with van der Waals surface area (Å²) in [6.45, 7) is 3.29. The molecular weight excluding hydrogens is 330 g/mol. The lowest BCUT2D eigenvalue weighted by Crippen LogP contribution is -2.37. The molecule has 7 nitrogen and oxygen atoms in total. The minimum atomic E-state index is -0.0250. The Morgan fingerprint density at radius 3 is 2.62 bits per heavy atom. The number of aryl methyl sites for hydroxylation is 1. The van der Waals surface area contributed by atoms with E-state index in [1.165, 1.54) is 4.68 Å². The standard InChI is InChI=1S/C19H25N5O2/c1-22-19(26)16(4-7-21-22)12-23-8-5-14(6-9-23)11-24-13-20-17(10-18(24)25)15-2-3-15/h4,7,10,13-15H,2-3,5-6,8-9,11-12H2,1H3. The van der Waals surface area contributed by atoms with Crippen LogP contribution < -0.4 is 11.1 Å². The number of hydrogen-bond donors (Lipinski definition) is 0. The average molecular weight is 355 g/mol. The molecule has 0 spiro atoms. The number of rotatable bonds is 5. The van der Waals surface area contributed by atoms with Crippen molar-refractivity contribution in [1.82, 2.24) is 24.2 Å². The van der Waals surface area contributed by atoms with Gasteiger partial charge in [-0.3, -0.25) is 19.1 Å². The highest BCUT2D eigenvalue weighted by molar-refractivity contribution is 5.12. The monoisotopic (exact) mass is 355 g/mol. The molecule has 7 heteroatoms. The van der Waals surface area contributed by atoms with E-state index >= 15 is 0 Å². The van der Waals surface area contributed by atoms with Crippen LogP contribution >= 0.6 is 0 Å². The van der Waals surface area contributed by atoms with E-state index in [1.807, 2.05) is 0 Å². The fourth-order valence-electron chi connectivity index (χ4n) is 3.70. The SMILES string of the molecule is Cn1nccc(CN2CCC(Cn3cnc(C4CC4)cc3=O)CC2)c1=O. The van der Waals surface area contributed by atoms with Gasteiger partial charge in [-0.1, -0.05) is 0 Å². The summed E-state index contributed by atoms with van der Waals surface area (Å²) in [4.78, 5) is 31.2. The molecular formula is C19H25N5O2. The number of hydrogen-bond acceptors (Lipinski definition) is 5. The van der Waals surface area contributed by atoms with Crippen molar-refractivity contribution in [3.05, 3.63) is 56.6 Å². The van der Waals surface area contributed by atoms with Gasteiger partial charge >= 0.3 is 0 Å². The molecule has 3 heterocycles. The number of nitrogens with zero attached hydrogens (tertiary/aromatic N) is 5. The molecule has 0 atom stereocenters. The minimum absolute atomic E-state index is 0.0250. The summed E-state index contributed by atoms with van der Waals surface area (Å²) in [5, 5.41) is 3.97. The maximum Gasteiger partial charge on any atom is 0.270 e. The van der Waals surface area contributed by atoms with Crippen LogP contribution in [0.3, 0.4) is 0 Å². The largest absolute Gasteiger partial charge is 0.299 e. The molecule has 1 aliphatic heterocycles. The number of piperidine rings is 1. The topological polar surface area (TPSA) is 73.0 Å². The first-order valence-corrected chi connectivity index (χ1v) is 9.40. The Hall–Kier alpha value is -2.28. The first kappa shape index (κ1) is 17.1. The first-order chi connectivity index (χ1) is 12.6. The van der Waals surface area contributed by atoms with Crippen molar-refractivity contribution < 1.29 is 0 Å². The Balaban J connectivity index is 1.33. The van der Waals surface area contributed by atoms with Crippen molar-refractivity contribution in [3.8, 4) is 0 Å².